The van der Waals surface area contributed by atoms with Crippen molar-refractivity contribution >= 4 is 29.2 Å². The Balaban J connectivity index is 1.82. The molecule has 0 atom stereocenters. The van der Waals surface area contributed by atoms with E-state index in [1.165, 1.54) is 0 Å². The van der Waals surface area contributed by atoms with Gasteiger partial charge in [0.2, 0.25) is 12.8 Å². The fourth-order valence-electron chi connectivity index (χ4n) is 2.53. The van der Waals surface area contributed by atoms with Gasteiger partial charge in [0.05, 0.1) is 6.54 Å². The fraction of sp³-hybridized carbons (Fsp3) is 0.222. The second kappa shape index (κ2) is 7.97. The first-order valence-electron chi connectivity index (χ1n) is 8.13. The lowest BCUT2D eigenvalue weighted by Gasteiger charge is -2.11. The molecule has 1 aliphatic rings. The van der Waals surface area contributed by atoms with Crippen LogP contribution in [0.15, 0.2) is 46.4 Å². The smallest absolute Gasteiger partial charge is 0.231 e. The summed E-state index contributed by atoms with van der Waals surface area (Å²) in [6.45, 7) is 2.66. The zero-order valence-electron chi connectivity index (χ0n) is 14.3. The van der Waals surface area contributed by atoms with Crippen molar-refractivity contribution in [2.45, 2.75) is 19.9 Å². The van der Waals surface area contributed by atoms with E-state index in [1.807, 2.05) is 37.3 Å². The summed E-state index contributed by atoms with van der Waals surface area (Å²) in [6.07, 6.45) is 0.806. The van der Waals surface area contributed by atoms with E-state index in [2.05, 4.69) is 15.3 Å². The third kappa shape index (κ3) is 4.37. The number of benzene rings is 2. The molecule has 0 saturated carbocycles. The van der Waals surface area contributed by atoms with Gasteiger partial charge in [0.25, 0.3) is 0 Å². The van der Waals surface area contributed by atoms with Crippen LogP contribution in [0.3, 0.4) is 0 Å². The molecule has 1 heterocycles. The Kier molecular flexibility index (Phi) is 5.48. The number of nitrogens with two attached hydrogens (primary N) is 2. The minimum absolute atomic E-state index is 0.0750. The highest BCUT2D eigenvalue weighted by molar-refractivity contribution is 6.30. The van der Waals surface area contributed by atoms with Gasteiger partial charge in [-0.1, -0.05) is 24.6 Å². The molecule has 8 heteroatoms. The number of hydrogen-bond donors (Lipinski definition) is 3. The highest BCUT2D eigenvalue weighted by atomic mass is 35.5. The predicted octanol–water partition coefficient (Wildman–Crippen LogP) is 2.87. The van der Waals surface area contributed by atoms with E-state index in [-0.39, 0.29) is 12.8 Å². The van der Waals surface area contributed by atoms with Crippen LogP contribution in [0.5, 0.6) is 11.5 Å². The molecule has 0 radical (unpaired) electrons. The van der Waals surface area contributed by atoms with E-state index >= 15 is 0 Å². The molecule has 1 aliphatic heterocycles. The monoisotopic (exact) mass is 373 g/mol. The first-order chi connectivity index (χ1) is 12.5. The minimum atomic E-state index is -0.0750. The summed E-state index contributed by atoms with van der Waals surface area (Å²) in [5, 5.41) is 3.84. The number of nitrogens with zero attached hydrogens (tertiary/aromatic N) is 2. The van der Waals surface area contributed by atoms with Gasteiger partial charge in [-0.05, 0) is 47.9 Å². The molecule has 0 aromatic heterocycles. The van der Waals surface area contributed by atoms with Crippen LogP contribution in [0.1, 0.15) is 18.1 Å². The van der Waals surface area contributed by atoms with Gasteiger partial charge in [0.15, 0.2) is 17.5 Å². The second-order valence-corrected chi connectivity index (χ2v) is 6.08. The van der Waals surface area contributed by atoms with Gasteiger partial charge in [-0.25, -0.2) is 4.99 Å². The zero-order chi connectivity index (χ0) is 18.5. The molecule has 0 amide bonds. The van der Waals surface area contributed by atoms with Crippen LogP contribution in [0.2, 0.25) is 5.02 Å². The molecule has 5 N–H and O–H groups in total. The number of rotatable bonds is 4. The number of fused-ring (bicyclic) bond motifs is 1. The third-order valence-corrected chi connectivity index (χ3v) is 4.01. The molecule has 0 fully saturated rings. The van der Waals surface area contributed by atoms with E-state index < -0.39 is 0 Å². The third-order valence-electron chi connectivity index (χ3n) is 3.78. The lowest BCUT2D eigenvalue weighted by molar-refractivity contribution is 0.174. The van der Waals surface area contributed by atoms with Gasteiger partial charge < -0.3 is 26.3 Å². The second-order valence-electron chi connectivity index (χ2n) is 5.64. The van der Waals surface area contributed by atoms with E-state index in [4.69, 9.17) is 32.5 Å². The van der Waals surface area contributed by atoms with E-state index in [0.29, 0.717) is 23.3 Å². The Morgan fingerprint density at radius 1 is 1.15 bits per heavy atom. The summed E-state index contributed by atoms with van der Waals surface area (Å²) >= 11 is 6.06. The molecule has 136 valence electrons. The number of aliphatic imine (C=N–C) groups is 2. The molecule has 26 heavy (non-hydrogen) atoms. The van der Waals surface area contributed by atoms with Crippen LogP contribution >= 0.6 is 11.6 Å². The van der Waals surface area contributed by atoms with E-state index in [0.717, 1.165) is 29.0 Å². The number of guanidine groups is 2. The Morgan fingerprint density at radius 2 is 1.96 bits per heavy atom. The lowest BCUT2D eigenvalue weighted by atomic mass is 10.1. The number of aryl methyl sites for hydroxylation is 1. The summed E-state index contributed by atoms with van der Waals surface area (Å²) in [7, 11) is 0. The van der Waals surface area contributed by atoms with Gasteiger partial charge >= 0.3 is 0 Å². The van der Waals surface area contributed by atoms with E-state index in [1.54, 1.807) is 6.07 Å². The average Bonchev–Trinajstić information content (AvgIpc) is 3.08. The van der Waals surface area contributed by atoms with Gasteiger partial charge in [-0.2, -0.15) is 4.99 Å². The molecular weight excluding hydrogens is 354 g/mol. The zero-order valence-corrected chi connectivity index (χ0v) is 15.1. The molecule has 2 aromatic carbocycles. The van der Waals surface area contributed by atoms with Crippen molar-refractivity contribution in [1.82, 2.24) is 0 Å². The normalized spacial score (nSPS) is 12.8. The van der Waals surface area contributed by atoms with Gasteiger partial charge in [0, 0.05) is 10.7 Å². The largest absolute Gasteiger partial charge is 0.454 e. The highest BCUT2D eigenvalue weighted by Gasteiger charge is 2.13. The molecule has 0 aliphatic carbocycles. The summed E-state index contributed by atoms with van der Waals surface area (Å²) in [6, 6.07) is 11.2. The summed E-state index contributed by atoms with van der Waals surface area (Å²) in [5.41, 5.74) is 13.9. The summed E-state index contributed by atoms with van der Waals surface area (Å²) in [4.78, 5) is 8.56. The lowest BCUT2D eigenvalue weighted by Crippen LogP contribution is -2.26. The van der Waals surface area contributed by atoms with Crippen LogP contribution in [0, 0.1) is 0 Å². The maximum absolute atomic E-state index is 6.06. The Morgan fingerprint density at radius 3 is 2.73 bits per heavy atom. The highest BCUT2D eigenvalue weighted by Crippen LogP contribution is 2.32. The number of nitrogens with one attached hydrogen (secondary N) is 1. The average molecular weight is 374 g/mol. The number of hydrogen-bond acceptors (Lipinski definition) is 3. The van der Waals surface area contributed by atoms with Crippen LogP contribution in [0.25, 0.3) is 0 Å². The van der Waals surface area contributed by atoms with Crippen LogP contribution in [-0.4, -0.2) is 18.7 Å². The minimum Gasteiger partial charge on any atom is -0.454 e. The molecule has 0 unspecified atom stereocenters. The number of anilines is 1. The van der Waals surface area contributed by atoms with Crippen molar-refractivity contribution in [3.8, 4) is 11.5 Å². The topological polar surface area (TPSA) is 107 Å². The SMILES string of the molecule is CCc1cc(Cl)ccc1NC(N=C(N)N)=NCc1ccc2c(c1)OCO2. The molecule has 7 nitrogen and oxygen atoms in total. The standard InChI is InChI=1S/C18H20ClN5O2/c1-2-12-8-13(19)4-5-14(12)23-18(24-17(20)21)22-9-11-3-6-15-16(7-11)26-10-25-15/h3-8H,2,9-10H2,1H3,(H5,20,21,22,23,24). The van der Waals surface area contributed by atoms with Crippen molar-refractivity contribution in [3.05, 3.63) is 52.5 Å². The number of halogens is 1. The van der Waals surface area contributed by atoms with Crippen molar-refractivity contribution in [1.29, 1.82) is 0 Å². The Labute approximate surface area is 156 Å². The first-order valence-corrected chi connectivity index (χ1v) is 8.51. The quantitative estimate of drug-likeness (QED) is 0.564. The van der Waals surface area contributed by atoms with Crippen LogP contribution in [-0.2, 0) is 13.0 Å². The molecule has 0 bridgehead atoms. The van der Waals surface area contributed by atoms with Crippen LogP contribution < -0.4 is 26.3 Å². The maximum atomic E-state index is 6.06. The predicted molar refractivity (Wildman–Crippen MR) is 104 cm³/mol. The summed E-state index contributed by atoms with van der Waals surface area (Å²) in [5.74, 6) is 1.68. The first kappa shape index (κ1) is 17.9. The molecule has 3 rings (SSSR count). The molecular formula is C18H20ClN5O2. The van der Waals surface area contributed by atoms with Crippen molar-refractivity contribution in [2.24, 2.45) is 21.5 Å². The van der Waals surface area contributed by atoms with Crippen molar-refractivity contribution in [3.63, 3.8) is 0 Å². The van der Waals surface area contributed by atoms with Crippen LogP contribution in [0.4, 0.5) is 5.69 Å². The van der Waals surface area contributed by atoms with Gasteiger partial charge in [-0.3, -0.25) is 0 Å². The number of ether oxygens (including phenoxy) is 2. The molecule has 0 saturated heterocycles. The molecule has 0 spiro atoms. The van der Waals surface area contributed by atoms with Crippen molar-refractivity contribution < 1.29 is 9.47 Å². The Hall–Kier alpha value is -2.93. The fourth-order valence-corrected chi connectivity index (χ4v) is 2.72. The van der Waals surface area contributed by atoms with E-state index in [9.17, 15) is 0 Å². The summed E-state index contributed by atoms with van der Waals surface area (Å²) < 4.78 is 10.7. The van der Waals surface area contributed by atoms with Gasteiger partial charge in [-0.15, -0.1) is 0 Å². The van der Waals surface area contributed by atoms with Gasteiger partial charge in [0.1, 0.15) is 0 Å². The maximum Gasteiger partial charge on any atom is 0.231 e. The molecule has 2 aromatic rings. The Bertz CT molecular complexity index is 863. The van der Waals surface area contributed by atoms with Crippen molar-refractivity contribution in [2.75, 3.05) is 12.1 Å².